The van der Waals surface area contributed by atoms with Crippen molar-refractivity contribution in [2.24, 2.45) is 0 Å². The lowest BCUT2D eigenvalue weighted by atomic mass is 10.0. The van der Waals surface area contributed by atoms with Crippen LogP contribution in [0.5, 0.6) is 5.75 Å². The molecule has 0 fully saturated rings. The highest BCUT2D eigenvalue weighted by Gasteiger charge is 2.09. The van der Waals surface area contributed by atoms with E-state index in [1.807, 2.05) is 66.7 Å². The molecule has 0 spiro atoms. The SMILES string of the molecule is O=C(NCCc1ccccc1)c1cccc(-c2cc(O)c3ncccc3c2)c1. The van der Waals surface area contributed by atoms with Gasteiger partial charge in [-0.25, -0.2) is 0 Å². The molecule has 4 aromatic rings. The lowest BCUT2D eigenvalue weighted by molar-refractivity contribution is 0.0954. The molecule has 0 aliphatic heterocycles. The molecule has 0 unspecified atom stereocenters. The van der Waals surface area contributed by atoms with Gasteiger partial charge in [-0.2, -0.15) is 0 Å². The molecule has 28 heavy (non-hydrogen) atoms. The number of aromatic hydroxyl groups is 1. The zero-order valence-corrected chi connectivity index (χ0v) is 15.3. The molecule has 2 N–H and O–H groups in total. The Balaban J connectivity index is 1.52. The minimum atomic E-state index is -0.107. The fourth-order valence-electron chi connectivity index (χ4n) is 3.25. The first kappa shape index (κ1) is 17.7. The van der Waals surface area contributed by atoms with Gasteiger partial charge in [0.1, 0.15) is 11.3 Å². The number of rotatable bonds is 5. The van der Waals surface area contributed by atoms with Crippen molar-refractivity contribution in [3.8, 4) is 16.9 Å². The van der Waals surface area contributed by atoms with Crippen molar-refractivity contribution in [2.75, 3.05) is 6.54 Å². The molecule has 4 heteroatoms. The van der Waals surface area contributed by atoms with Gasteiger partial charge in [0.2, 0.25) is 0 Å². The largest absolute Gasteiger partial charge is 0.506 e. The molecule has 0 bridgehead atoms. The van der Waals surface area contributed by atoms with Gasteiger partial charge in [0, 0.05) is 23.7 Å². The standard InChI is InChI=1S/C24H20N2O2/c27-22-16-21(15-19-10-5-12-25-23(19)22)18-8-4-9-20(14-18)24(28)26-13-11-17-6-2-1-3-7-17/h1-10,12,14-16,27H,11,13H2,(H,26,28). The van der Waals surface area contributed by atoms with Gasteiger partial charge in [0.25, 0.3) is 5.91 Å². The van der Waals surface area contributed by atoms with Gasteiger partial charge in [0.05, 0.1) is 0 Å². The highest BCUT2D eigenvalue weighted by Crippen LogP contribution is 2.30. The Morgan fingerprint density at radius 3 is 2.61 bits per heavy atom. The zero-order chi connectivity index (χ0) is 19.3. The summed E-state index contributed by atoms with van der Waals surface area (Å²) >= 11 is 0. The summed E-state index contributed by atoms with van der Waals surface area (Å²) < 4.78 is 0. The topological polar surface area (TPSA) is 62.2 Å². The molecule has 0 aliphatic carbocycles. The monoisotopic (exact) mass is 368 g/mol. The summed E-state index contributed by atoms with van der Waals surface area (Å²) in [6.45, 7) is 0.579. The number of nitrogens with zero attached hydrogens (tertiary/aromatic N) is 1. The molecule has 3 aromatic carbocycles. The van der Waals surface area contributed by atoms with E-state index in [0.717, 1.165) is 22.9 Å². The van der Waals surface area contributed by atoms with Crippen LogP contribution in [0.15, 0.2) is 85.1 Å². The quantitative estimate of drug-likeness (QED) is 0.542. The van der Waals surface area contributed by atoms with Crippen molar-refractivity contribution in [3.05, 3.63) is 96.2 Å². The summed E-state index contributed by atoms with van der Waals surface area (Å²) in [6, 6.07) is 24.9. The fourth-order valence-corrected chi connectivity index (χ4v) is 3.25. The zero-order valence-electron chi connectivity index (χ0n) is 15.3. The smallest absolute Gasteiger partial charge is 0.251 e. The van der Waals surface area contributed by atoms with Crippen molar-refractivity contribution < 1.29 is 9.90 Å². The van der Waals surface area contributed by atoms with E-state index >= 15 is 0 Å². The van der Waals surface area contributed by atoms with Crippen LogP contribution in [-0.2, 0) is 6.42 Å². The summed E-state index contributed by atoms with van der Waals surface area (Å²) in [7, 11) is 0. The van der Waals surface area contributed by atoms with Crippen molar-refractivity contribution >= 4 is 16.8 Å². The number of pyridine rings is 1. The van der Waals surface area contributed by atoms with Crippen LogP contribution in [0.4, 0.5) is 0 Å². The van der Waals surface area contributed by atoms with Crippen LogP contribution >= 0.6 is 0 Å². The molecule has 4 rings (SSSR count). The van der Waals surface area contributed by atoms with Crippen LogP contribution in [0, 0.1) is 0 Å². The first-order valence-corrected chi connectivity index (χ1v) is 9.21. The Bertz CT molecular complexity index is 1120. The Morgan fingerprint density at radius 1 is 0.893 bits per heavy atom. The Labute approximate surface area is 163 Å². The minimum Gasteiger partial charge on any atom is -0.506 e. The highest BCUT2D eigenvalue weighted by atomic mass is 16.3. The minimum absolute atomic E-state index is 0.107. The molecular formula is C24H20N2O2. The van der Waals surface area contributed by atoms with Gasteiger partial charge < -0.3 is 10.4 Å². The first-order chi connectivity index (χ1) is 13.7. The van der Waals surface area contributed by atoms with E-state index in [2.05, 4.69) is 10.3 Å². The van der Waals surface area contributed by atoms with Gasteiger partial charge >= 0.3 is 0 Å². The maximum Gasteiger partial charge on any atom is 0.251 e. The normalized spacial score (nSPS) is 10.7. The van der Waals surface area contributed by atoms with E-state index in [1.54, 1.807) is 18.3 Å². The predicted molar refractivity (Wildman–Crippen MR) is 111 cm³/mol. The number of hydrogen-bond donors (Lipinski definition) is 2. The second-order valence-corrected chi connectivity index (χ2v) is 6.64. The van der Waals surface area contributed by atoms with Gasteiger partial charge in [-0.1, -0.05) is 48.5 Å². The molecule has 0 radical (unpaired) electrons. The third-order valence-electron chi connectivity index (χ3n) is 4.68. The molecule has 0 saturated carbocycles. The molecule has 4 nitrogen and oxygen atoms in total. The summed E-state index contributed by atoms with van der Waals surface area (Å²) in [5, 5.41) is 14.1. The van der Waals surface area contributed by atoms with Crippen LogP contribution in [0.1, 0.15) is 15.9 Å². The van der Waals surface area contributed by atoms with Crippen LogP contribution in [0.3, 0.4) is 0 Å². The first-order valence-electron chi connectivity index (χ1n) is 9.21. The van der Waals surface area contributed by atoms with Crippen LogP contribution in [-0.4, -0.2) is 22.5 Å². The predicted octanol–water partition coefficient (Wildman–Crippen LogP) is 4.58. The second-order valence-electron chi connectivity index (χ2n) is 6.64. The molecule has 0 aliphatic rings. The summed E-state index contributed by atoms with van der Waals surface area (Å²) in [5.41, 5.74) is 4.07. The molecule has 138 valence electrons. The number of benzene rings is 3. The number of phenols is 1. The van der Waals surface area contributed by atoms with Crippen LogP contribution < -0.4 is 5.32 Å². The average molecular weight is 368 g/mol. The summed E-state index contributed by atoms with van der Waals surface area (Å²) in [4.78, 5) is 16.7. The van der Waals surface area contributed by atoms with E-state index in [1.165, 1.54) is 5.56 Å². The number of aromatic nitrogens is 1. The van der Waals surface area contributed by atoms with E-state index in [9.17, 15) is 9.90 Å². The Morgan fingerprint density at radius 2 is 1.75 bits per heavy atom. The van der Waals surface area contributed by atoms with Crippen molar-refractivity contribution in [3.63, 3.8) is 0 Å². The van der Waals surface area contributed by atoms with Crippen molar-refractivity contribution in [2.45, 2.75) is 6.42 Å². The van der Waals surface area contributed by atoms with Crippen molar-refractivity contribution in [1.82, 2.24) is 10.3 Å². The van der Waals surface area contributed by atoms with Gasteiger partial charge in [-0.15, -0.1) is 0 Å². The highest BCUT2D eigenvalue weighted by molar-refractivity contribution is 5.96. The molecular weight excluding hydrogens is 348 g/mol. The number of hydrogen-bond acceptors (Lipinski definition) is 3. The van der Waals surface area contributed by atoms with Gasteiger partial charge in [-0.05, 0) is 53.4 Å². The second kappa shape index (κ2) is 7.92. The maximum atomic E-state index is 12.5. The number of carbonyl (C=O) groups excluding carboxylic acids is 1. The number of nitrogens with one attached hydrogen (secondary N) is 1. The van der Waals surface area contributed by atoms with E-state index < -0.39 is 0 Å². The number of amides is 1. The summed E-state index contributed by atoms with van der Waals surface area (Å²) in [5.74, 6) is 0.0234. The molecule has 0 saturated heterocycles. The van der Waals surface area contributed by atoms with E-state index in [4.69, 9.17) is 0 Å². The van der Waals surface area contributed by atoms with Gasteiger partial charge in [-0.3, -0.25) is 9.78 Å². The lowest BCUT2D eigenvalue weighted by Crippen LogP contribution is -2.25. The summed E-state index contributed by atoms with van der Waals surface area (Å²) in [6.07, 6.45) is 2.44. The van der Waals surface area contributed by atoms with Crippen LogP contribution in [0.2, 0.25) is 0 Å². The van der Waals surface area contributed by atoms with Crippen LogP contribution in [0.25, 0.3) is 22.0 Å². The maximum absolute atomic E-state index is 12.5. The van der Waals surface area contributed by atoms with Gasteiger partial charge in [0.15, 0.2) is 0 Å². The number of carbonyl (C=O) groups is 1. The molecule has 1 amide bonds. The number of phenolic OH excluding ortho intramolecular Hbond substituents is 1. The fraction of sp³-hybridized carbons (Fsp3) is 0.0833. The van der Waals surface area contributed by atoms with E-state index in [0.29, 0.717) is 17.6 Å². The lowest BCUT2D eigenvalue weighted by Gasteiger charge is -2.09. The molecule has 1 heterocycles. The Hall–Kier alpha value is -3.66. The molecule has 0 atom stereocenters. The van der Waals surface area contributed by atoms with Crippen molar-refractivity contribution in [1.29, 1.82) is 0 Å². The number of fused-ring (bicyclic) bond motifs is 1. The van der Waals surface area contributed by atoms with E-state index in [-0.39, 0.29) is 11.7 Å². The third-order valence-corrected chi connectivity index (χ3v) is 4.68. The molecule has 1 aromatic heterocycles. The Kier molecular flexibility index (Phi) is 5.02. The average Bonchev–Trinajstić information content (AvgIpc) is 2.74. The third kappa shape index (κ3) is 3.86.